The Morgan fingerprint density at radius 3 is 2.68 bits per heavy atom. The summed E-state index contributed by atoms with van der Waals surface area (Å²) >= 11 is 0. The van der Waals surface area contributed by atoms with Crippen molar-refractivity contribution in [3.8, 4) is 22.5 Å². The summed E-state index contributed by atoms with van der Waals surface area (Å²) in [5.74, 6) is 0.684. The summed E-state index contributed by atoms with van der Waals surface area (Å²) in [5, 5.41) is 5.94. The van der Waals surface area contributed by atoms with Crippen molar-refractivity contribution in [1.82, 2.24) is 14.8 Å². The highest BCUT2D eigenvalue weighted by molar-refractivity contribution is 5.89. The van der Waals surface area contributed by atoms with Crippen LogP contribution >= 0.6 is 0 Å². The Labute approximate surface area is 147 Å². The summed E-state index contributed by atoms with van der Waals surface area (Å²) in [7, 11) is 2.04. The van der Waals surface area contributed by atoms with Crippen molar-refractivity contribution < 1.29 is 0 Å². The predicted molar refractivity (Wildman–Crippen MR) is 103 cm³/mol. The minimum absolute atomic E-state index is 0.684. The maximum atomic E-state index is 4.70. The van der Waals surface area contributed by atoms with Gasteiger partial charge in [0.15, 0.2) is 0 Å². The van der Waals surface area contributed by atoms with Gasteiger partial charge in [-0.1, -0.05) is 30.3 Å². The molecule has 0 amide bonds. The second kappa shape index (κ2) is 5.35. The third-order valence-electron chi connectivity index (χ3n) is 5.25. The first-order chi connectivity index (χ1) is 12.2. The first-order valence-electron chi connectivity index (χ1n) is 8.92. The van der Waals surface area contributed by atoms with Gasteiger partial charge in [-0.3, -0.25) is 4.68 Å². The lowest BCUT2D eigenvalue weighted by molar-refractivity contribution is 0.750. The van der Waals surface area contributed by atoms with Crippen LogP contribution in [0.1, 0.15) is 30.0 Å². The molecule has 0 saturated heterocycles. The number of H-pyrrole nitrogens is 1. The molecule has 1 fully saturated rings. The number of benzene rings is 2. The fourth-order valence-electron chi connectivity index (χ4n) is 3.65. The molecule has 0 atom stereocenters. The van der Waals surface area contributed by atoms with Crippen molar-refractivity contribution in [2.24, 2.45) is 7.05 Å². The van der Waals surface area contributed by atoms with E-state index in [1.807, 2.05) is 11.7 Å². The van der Waals surface area contributed by atoms with Crippen molar-refractivity contribution in [3.05, 3.63) is 65.9 Å². The maximum absolute atomic E-state index is 4.70. The number of nitrogens with one attached hydrogen (secondary N) is 1. The molecule has 3 nitrogen and oxygen atoms in total. The normalized spacial score (nSPS) is 14.3. The fourth-order valence-corrected chi connectivity index (χ4v) is 3.65. The Kier molecular flexibility index (Phi) is 3.11. The molecule has 1 saturated carbocycles. The summed E-state index contributed by atoms with van der Waals surface area (Å²) in [6.07, 6.45) is 2.57. The molecule has 2 heterocycles. The number of hydrogen-bond donors (Lipinski definition) is 1. The second-order valence-corrected chi connectivity index (χ2v) is 7.15. The molecule has 0 radical (unpaired) electrons. The predicted octanol–water partition coefficient (Wildman–Crippen LogP) is 5.42. The lowest BCUT2D eigenvalue weighted by atomic mass is 10.1. The molecule has 124 valence electrons. The van der Waals surface area contributed by atoms with Crippen LogP contribution in [0.4, 0.5) is 0 Å². The summed E-state index contributed by atoms with van der Waals surface area (Å²) in [6, 6.07) is 19.6. The fraction of sp³-hybridized carbons (Fsp3) is 0.227. The van der Waals surface area contributed by atoms with Crippen LogP contribution in [-0.4, -0.2) is 14.8 Å². The van der Waals surface area contributed by atoms with Gasteiger partial charge in [-0.15, -0.1) is 0 Å². The lowest BCUT2D eigenvalue weighted by Gasteiger charge is -2.01. The number of hydrogen-bond acceptors (Lipinski definition) is 1. The van der Waals surface area contributed by atoms with Crippen LogP contribution in [0, 0.1) is 6.92 Å². The maximum Gasteiger partial charge on any atom is 0.0682 e. The minimum atomic E-state index is 0.684. The number of nitrogens with zero attached hydrogens (tertiary/aromatic N) is 2. The van der Waals surface area contributed by atoms with Gasteiger partial charge in [0.05, 0.1) is 11.4 Å². The van der Waals surface area contributed by atoms with Gasteiger partial charge >= 0.3 is 0 Å². The van der Waals surface area contributed by atoms with E-state index in [0.29, 0.717) is 5.92 Å². The van der Waals surface area contributed by atoms with Gasteiger partial charge in [-0.25, -0.2) is 0 Å². The summed E-state index contributed by atoms with van der Waals surface area (Å²) in [6.45, 7) is 2.15. The van der Waals surface area contributed by atoms with Crippen molar-refractivity contribution in [1.29, 1.82) is 0 Å². The third kappa shape index (κ3) is 2.47. The Hall–Kier alpha value is -2.81. The van der Waals surface area contributed by atoms with Gasteiger partial charge in [0, 0.05) is 40.7 Å². The van der Waals surface area contributed by atoms with Gasteiger partial charge in [0.2, 0.25) is 0 Å². The second-order valence-electron chi connectivity index (χ2n) is 7.15. The van der Waals surface area contributed by atoms with Crippen molar-refractivity contribution in [2.45, 2.75) is 25.7 Å². The summed E-state index contributed by atoms with van der Waals surface area (Å²) in [5.41, 5.74) is 8.56. The number of fused-ring (bicyclic) bond motifs is 1. The number of aromatic nitrogens is 3. The first-order valence-corrected chi connectivity index (χ1v) is 8.92. The van der Waals surface area contributed by atoms with E-state index in [0.717, 1.165) is 0 Å². The monoisotopic (exact) mass is 327 g/mol. The molecule has 0 aliphatic heterocycles. The molecule has 0 unspecified atom stereocenters. The molecule has 5 rings (SSSR count). The van der Waals surface area contributed by atoms with Crippen LogP contribution < -0.4 is 0 Å². The van der Waals surface area contributed by atoms with E-state index in [9.17, 15) is 0 Å². The average molecular weight is 327 g/mol. The first kappa shape index (κ1) is 14.5. The van der Waals surface area contributed by atoms with Gasteiger partial charge in [0.1, 0.15) is 0 Å². The topological polar surface area (TPSA) is 33.6 Å². The molecule has 0 bridgehead atoms. The minimum Gasteiger partial charge on any atom is -0.355 e. The van der Waals surface area contributed by atoms with Crippen molar-refractivity contribution in [3.63, 3.8) is 0 Å². The van der Waals surface area contributed by atoms with Crippen LogP contribution in [-0.2, 0) is 7.05 Å². The van der Waals surface area contributed by atoms with Gasteiger partial charge in [-0.2, -0.15) is 5.10 Å². The largest absolute Gasteiger partial charge is 0.355 e. The number of aryl methyl sites for hydroxylation is 2. The summed E-state index contributed by atoms with van der Waals surface area (Å²) in [4.78, 5) is 3.56. The molecule has 4 aromatic rings. The van der Waals surface area contributed by atoms with Gasteiger partial charge in [0.25, 0.3) is 0 Å². The van der Waals surface area contributed by atoms with Crippen LogP contribution in [0.5, 0.6) is 0 Å². The van der Waals surface area contributed by atoms with Crippen molar-refractivity contribution >= 4 is 10.9 Å². The van der Waals surface area contributed by atoms with Crippen LogP contribution in [0.25, 0.3) is 33.4 Å². The molecular weight excluding hydrogens is 306 g/mol. The van der Waals surface area contributed by atoms with E-state index in [1.54, 1.807) is 0 Å². The molecule has 0 spiro atoms. The zero-order valence-electron chi connectivity index (χ0n) is 14.6. The highest BCUT2D eigenvalue weighted by Crippen LogP contribution is 2.40. The van der Waals surface area contributed by atoms with E-state index in [4.69, 9.17) is 5.10 Å². The van der Waals surface area contributed by atoms with E-state index in [1.165, 1.54) is 57.5 Å². The van der Waals surface area contributed by atoms with E-state index in [-0.39, 0.29) is 0 Å². The van der Waals surface area contributed by atoms with Gasteiger partial charge in [-0.05, 0) is 49.6 Å². The average Bonchev–Trinajstić information content (AvgIpc) is 3.26. The third-order valence-corrected chi connectivity index (χ3v) is 5.25. The quantitative estimate of drug-likeness (QED) is 0.535. The zero-order chi connectivity index (χ0) is 17.0. The van der Waals surface area contributed by atoms with Crippen LogP contribution in [0.15, 0.2) is 54.6 Å². The Morgan fingerprint density at radius 2 is 1.88 bits per heavy atom. The van der Waals surface area contributed by atoms with E-state index >= 15 is 0 Å². The molecule has 3 heteroatoms. The van der Waals surface area contributed by atoms with Crippen LogP contribution in [0.2, 0.25) is 0 Å². The Morgan fingerprint density at radius 1 is 1.04 bits per heavy atom. The molecule has 2 aromatic heterocycles. The molecule has 2 aromatic carbocycles. The van der Waals surface area contributed by atoms with Crippen LogP contribution in [0.3, 0.4) is 0 Å². The standard InChI is InChI=1S/C22H21N3/c1-14-5-3-4-6-18(14)21-12-17-11-16(9-10-19(17)23-21)22-13-20(15-7-8-15)24-25(22)2/h3-6,9-13,15,23H,7-8H2,1-2H3. The number of aromatic amines is 1. The number of rotatable bonds is 3. The van der Waals surface area contributed by atoms with E-state index < -0.39 is 0 Å². The van der Waals surface area contributed by atoms with Crippen molar-refractivity contribution in [2.75, 3.05) is 0 Å². The Balaban J connectivity index is 1.59. The molecular formula is C22H21N3. The van der Waals surface area contributed by atoms with Gasteiger partial charge < -0.3 is 4.98 Å². The SMILES string of the molecule is Cc1ccccc1-c1cc2cc(-c3cc(C4CC4)nn3C)ccc2[nH]1. The lowest BCUT2D eigenvalue weighted by Crippen LogP contribution is -1.94. The molecule has 25 heavy (non-hydrogen) atoms. The van der Waals surface area contributed by atoms with E-state index in [2.05, 4.69) is 66.5 Å². The molecule has 1 aliphatic carbocycles. The summed E-state index contributed by atoms with van der Waals surface area (Å²) < 4.78 is 2.02. The molecule has 1 aliphatic rings. The Bertz CT molecular complexity index is 1080. The smallest absolute Gasteiger partial charge is 0.0682 e. The molecule has 1 N–H and O–H groups in total. The zero-order valence-corrected chi connectivity index (χ0v) is 14.6. The highest BCUT2D eigenvalue weighted by Gasteiger charge is 2.27. The highest BCUT2D eigenvalue weighted by atomic mass is 15.3.